The topological polar surface area (TPSA) is 83.8 Å². The van der Waals surface area contributed by atoms with Crippen LogP contribution in [0.5, 0.6) is 0 Å². The highest BCUT2D eigenvalue weighted by atomic mass is 15.2. The third-order valence-corrected chi connectivity index (χ3v) is 6.06. The Hall–Kier alpha value is -3.00. The van der Waals surface area contributed by atoms with Gasteiger partial charge < -0.3 is 20.1 Å². The van der Waals surface area contributed by atoms with Crippen LogP contribution < -0.4 is 15.5 Å². The van der Waals surface area contributed by atoms with Crippen molar-refractivity contribution in [3.8, 4) is 11.4 Å². The number of hydrogen-bond donors (Lipinski definition) is 2. The number of anilines is 3. The third kappa shape index (κ3) is 2.95. The van der Waals surface area contributed by atoms with Crippen molar-refractivity contribution in [1.82, 2.24) is 29.8 Å². The summed E-state index contributed by atoms with van der Waals surface area (Å²) in [5, 5.41) is 6.64. The van der Waals surface area contributed by atoms with Crippen LogP contribution in [0.15, 0.2) is 24.5 Å². The van der Waals surface area contributed by atoms with Crippen molar-refractivity contribution in [2.24, 2.45) is 7.05 Å². The standard InChI is InChI=1S/C21H24N8/c1-28-19-16(25-20(28)13-2-3-13)10-14-11-24-21(27-18(14)19)26-17-5-4-15(12-23-17)29-8-6-22-7-9-29/h4-5,11-13,22H,2-3,6-10H2,1H3,(H,23,24,26,27). The summed E-state index contributed by atoms with van der Waals surface area (Å²) in [5.41, 5.74) is 5.58. The lowest BCUT2D eigenvalue weighted by atomic mass is 10.2. The molecule has 0 spiro atoms. The zero-order valence-electron chi connectivity index (χ0n) is 16.5. The summed E-state index contributed by atoms with van der Waals surface area (Å²) >= 11 is 0. The molecule has 2 N–H and O–H groups in total. The molecule has 0 amide bonds. The molecule has 0 atom stereocenters. The minimum atomic E-state index is 0.577. The summed E-state index contributed by atoms with van der Waals surface area (Å²) < 4.78 is 2.23. The molecule has 0 aromatic carbocycles. The Bertz CT molecular complexity index is 1060. The monoisotopic (exact) mass is 388 g/mol. The summed E-state index contributed by atoms with van der Waals surface area (Å²) in [7, 11) is 2.11. The van der Waals surface area contributed by atoms with E-state index in [1.165, 1.54) is 18.7 Å². The lowest BCUT2D eigenvalue weighted by molar-refractivity contribution is 0.589. The average molecular weight is 388 g/mol. The zero-order chi connectivity index (χ0) is 19.4. The Labute approximate surface area is 169 Å². The fourth-order valence-electron chi connectivity index (χ4n) is 4.37. The summed E-state index contributed by atoms with van der Waals surface area (Å²) in [5.74, 6) is 3.17. The van der Waals surface area contributed by atoms with E-state index >= 15 is 0 Å². The van der Waals surface area contributed by atoms with Gasteiger partial charge in [0.25, 0.3) is 0 Å². The molecular formula is C21H24N8. The van der Waals surface area contributed by atoms with Gasteiger partial charge in [-0.05, 0) is 25.0 Å². The number of nitrogens with zero attached hydrogens (tertiary/aromatic N) is 6. The molecular weight excluding hydrogens is 364 g/mol. The molecule has 1 saturated heterocycles. The maximum Gasteiger partial charge on any atom is 0.228 e. The molecule has 4 heterocycles. The molecule has 2 aliphatic carbocycles. The normalized spacial score (nSPS) is 17.9. The summed E-state index contributed by atoms with van der Waals surface area (Å²) in [4.78, 5) is 21.1. The fourth-order valence-corrected chi connectivity index (χ4v) is 4.37. The fraction of sp³-hybridized carbons (Fsp3) is 0.429. The number of pyridine rings is 1. The predicted octanol–water partition coefficient (Wildman–Crippen LogP) is 2.21. The van der Waals surface area contributed by atoms with Crippen LogP contribution in [0, 0.1) is 0 Å². The first-order valence-corrected chi connectivity index (χ1v) is 10.4. The molecule has 3 aliphatic rings. The molecule has 8 nitrogen and oxygen atoms in total. The number of rotatable bonds is 4. The number of piperazine rings is 1. The molecule has 0 radical (unpaired) electrons. The van der Waals surface area contributed by atoms with Crippen LogP contribution in [0.2, 0.25) is 0 Å². The second-order valence-corrected chi connectivity index (χ2v) is 8.11. The number of hydrogen-bond acceptors (Lipinski definition) is 7. The van der Waals surface area contributed by atoms with Crippen molar-refractivity contribution >= 4 is 17.5 Å². The van der Waals surface area contributed by atoms with Crippen LogP contribution >= 0.6 is 0 Å². The largest absolute Gasteiger partial charge is 0.368 e. The molecule has 3 aromatic heterocycles. The molecule has 2 fully saturated rings. The van der Waals surface area contributed by atoms with Crippen molar-refractivity contribution < 1.29 is 0 Å². The van der Waals surface area contributed by atoms with Gasteiger partial charge in [0, 0.05) is 57.3 Å². The summed E-state index contributed by atoms with van der Waals surface area (Å²) in [6, 6.07) is 4.10. The van der Waals surface area contributed by atoms with Crippen molar-refractivity contribution in [3.63, 3.8) is 0 Å². The Morgan fingerprint density at radius 2 is 1.93 bits per heavy atom. The van der Waals surface area contributed by atoms with E-state index in [1.54, 1.807) is 0 Å². The molecule has 8 heteroatoms. The van der Waals surface area contributed by atoms with E-state index in [4.69, 9.17) is 9.97 Å². The number of aromatic nitrogens is 5. The first-order chi connectivity index (χ1) is 14.3. The van der Waals surface area contributed by atoms with Gasteiger partial charge in [0.2, 0.25) is 5.95 Å². The van der Waals surface area contributed by atoms with E-state index in [2.05, 4.69) is 43.2 Å². The van der Waals surface area contributed by atoms with Gasteiger partial charge in [-0.1, -0.05) is 0 Å². The van der Waals surface area contributed by atoms with Gasteiger partial charge in [-0.3, -0.25) is 0 Å². The number of imidazole rings is 1. The molecule has 3 aromatic rings. The van der Waals surface area contributed by atoms with E-state index in [0.717, 1.165) is 66.8 Å². The van der Waals surface area contributed by atoms with Gasteiger partial charge in [-0.25, -0.2) is 19.9 Å². The first-order valence-electron chi connectivity index (χ1n) is 10.4. The Kier molecular flexibility index (Phi) is 3.80. The van der Waals surface area contributed by atoms with Crippen LogP contribution in [0.3, 0.4) is 0 Å². The van der Waals surface area contributed by atoms with Crippen molar-refractivity contribution in [2.45, 2.75) is 25.2 Å². The molecule has 148 valence electrons. The van der Waals surface area contributed by atoms with E-state index in [9.17, 15) is 0 Å². The van der Waals surface area contributed by atoms with E-state index in [1.807, 2.05) is 18.5 Å². The molecule has 29 heavy (non-hydrogen) atoms. The minimum Gasteiger partial charge on any atom is -0.368 e. The lowest BCUT2D eigenvalue weighted by Gasteiger charge is -2.29. The number of nitrogens with one attached hydrogen (secondary N) is 2. The van der Waals surface area contributed by atoms with Crippen LogP contribution in [0.1, 0.15) is 35.8 Å². The summed E-state index contributed by atoms with van der Waals surface area (Å²) in [6.07, 6.45) is 7.16. The molecule has 1 aliphatic heterocycles. The number of fused-ring (bicyclic) bond motifs is 3. The van der Waals surface area contributed by atoms with Gasteiger partial charge in [-0.15, -0.1) is 0 Å². The highest BCUT2D eigenvalue weighted by Gasteiger charge is 2.34. The molecule has 6 rings (SSSR count). The Morgan fingerprint density at radius 3 is 2.69 bits per heavy atom. The van der Waals surface area contributed by atoms with E-state index in [-0.39, 0.29) is 0 Å². The van der Waals surface area contributed by atoms with Gasteiger partial charge in [0.05, 0.1) is 29.0 Å². The SMILES string of the molecule is Cn1c(C2CC2)nc2c1-c1nc(Nc3ccc(N4CCNCC4)cn3)ncc1C2. The van der Waals surface area contributed by atoms with Crippen LogP contribution in [-0.4, -0.2) is 50.7 Å². The Morgan fingerprint density at radius 1 is 1.07 bits per heavy atom. The second kappa shape index (κ2) is 6.52. The van der Waals surface area contributed by atoms with Crippen molar-refractivity contribution in [2.75, 3.05) is 36.4 Å². The first kappa shape index (κ1) is 16.9. The zero-order valence-corrected chi connectivity index (χ0v) is 16.5. The van der Waals surface area contributed by atoms with E-state index in [0.29, 0.717) is 11.9 Å². The van der Waals surface area contributed by atoms with Crippen LogP contribution in [0.4, 0.5) is 17.5 Å². The average Bonchev–Trinajstić information content (AvgIpc) is 3.46. The second-order valence-electron chi connectivity index (χ2n) is 8.11. The minimum absolute atomic E-state index is 0.577. The van der Waals surface area contributed by atoms with Gasteiger partial charge in [0.15, 0.2) is 0 Å². The van der Waals surface area contributed by atoms with Crippen molar-refractivity contribution in [1.29, 1.82) is 0 Å². The molecule has 0 bridgehead atoms. The van der Waals surface area contributed by atoms with Crippen LogP contribution in [-0.2, 0) is 13.5 Å². The van der Waals surface area contributed by atoms with Crippen LogP contribution in [0.25, 0.3) is 11.4 Å². The highest BCUT2D eigenvalue weighted by Crippen LogP contribution is 2.43. The van der Waals surface area contributed by atoms with Gasteiger partial charge in [-0.2, -0.15) is 0 Å². The van der Waals surface area contributed by atoms with Gasteiger partial charge in [0.1, 0.15) is 11.6 Å². The summed E-state index contributed by atoms with van der Waals surface area (Å²) in [6.45, 7) is 4.05. The quantitative estimate of drug-likeness (QED) is 0.554. The third-order valence-electron chi connectivity index (χ3n) is 6.06. The predicted molar refractivity (Wildman–Crippen MR) is 112 cm³/mol. The van der Waals surface area contributed by atoms with Gasteiger partial charge >= 0.3 is 0 Å². The molecule has 1 saturated carbocycles. The highest BCUT2D eigenvalue weighted by molar-refractivity contribution is 5.71. The maximum atomic E-state index is 4.89. The maximum absolute atomic E-state index is 4.89. The van der Waals surface area contributed by atoms with E-state index < -0.39 is 0 Å². The Balaban J connectivity index is 1.24. The molecule has 0 unspecified atom stereocenters. The smallest absolute Gasteiger partial charge is 0.228 e. The van der Waals surface area contributed by atoms with Crippen molar-refractivity contribution in [3.05, 3.63) is 41.6 Å². The lowest BCUT2D eigenvalue weighted by Crippen LogP contribution is -2.43.